The summed E-state index contributed by atoms with van der Waals surface area (Å²) in [5, 5.41) is 8.81. The highest BCUT2D eigenvalue weighted by Crippen LogP contribution is 2.18. The molecule has 0 amide bonds. The molecule has 98 valence electrons. The lowest BCUT2D eigenvalue weighted by molar-refractivity contribution is 0.282. The van der Waals surface area contributed by atoms with Crippen molar-refractivity contribution < 1.29 is 5.11 Å². The Morgan fingerprint density at radius 1 is 1.17 bits per heavy atom. The zero-order valence-electron chi connectivity index (χ0n) is 11.1. The number of rotatable bonds is 7. The van der Waals surface area contributed by atoms with Gasteiger partial charge in [0.2, 0.25) is 0 Å². The molecular weight excluding hydrogens is 224 g/mol. The van der Waals surface area contributed by atoms with Gasteiger partial charge < -0.3 is 9.67 Å². The highest BCUT2D eigenvalue weighted by molar-refractivity contribution is 5.75. The lowest BCUT2D eigenvalue weighted by atomic mass is 10.2. The number of aryl methyl sites for hydroxylation is 2. The van der Waals surface area contributed by atoms with Crippen LogP contribution in [0.2, 0.25) is 0 Å². The van der Waals surface area contributed by atoms with Gasteiger partial charge in [0.15, 0.2) is 0 Å². The van der Waals surface area contributed by atoms with Crippen LogP contribution >= 0.6 is 0 Å². The molecular formula is C15H22N2O. The lowest BCUT2D eigenvalue weighted by Crippen LogP contribution is -2.04. The van der Waals surface area contributed by atoms with Gasteiger partial charge in [0, 0.05) is 19.6 Å². The Kier molecular flexibility index (Phi) is 4.76. The minimum atomic E-state index is 0.298. The summed E-state index contributed by atoms with van der Waals surface area (Å²) in [5.74, 6) is 1.20. The molecule has 0 atom stereocenters. The number of aliphatic hydroxyl groups is 1. The van der Waals surface area contributed by atoms with Crippen LogP contribution in [0, 0.1) is 0 Å². The van der Waals surface area contributed by atoms with Crippen molar-refractivity contribution in [1.82, 2.24) is 9.55 Å². The Balaban J connectivity index is 2.19. The second-order valence-electron chi connectivity index (χ2n) is 4.70. The molecule has 0 unspecified atom stereocenters. The van der Waals surface area contributed by atoms with Crippen molar-refractivity contribution in [3.8, 4) is 0 Å². The Bertz CT molecular complexity index is 490. The van der Waals surface area contributed by atoms with Crippen LogP contribution in [0.5, 0.6) is 0 Å². The number of imidazole rings is 1. The maximum Gasteiger partial charge on any atom is 0.109 e. The Morgan fingerprint density at radius 3 is 2.78 bits per heavy atom. The smallest absolute Gasteiger partial charge is 0.109 e. The first-order chi connectivity index (χ1) is 8.86. The third-order valence-corrected chi connectivity index (χ3v) is 3.25. The van der Waals surface area contributed by atoms with E-state index in [0.29, 0.717) is 6.61 Å². The van der Waals surface area contributed by atoms with Crippen molar-refractivity contribution in [1.29, 1.82) is 0 Å². The number of hydrogen-bond donors (Lipinski definition) is 1. The fourth-order valence-electron chi connectivity index (χ4n) is 2.35. The van der Waals surface area contributed by atoms with Gasteiger partial charge in [-0.1, -0.05) is 19.1 Å². The minimum absolute atomic E-state index is 0.298. The second kappa shape index (κ2) is 6.55. The lowest BCUT2D eigenvalue weighted by Gasteiger charge is -2.08. The average molecular weight is 246 g/mol. The monoisotopic (exact) mass is 246 g/mol. The summed E-state index contributed by atoms with van der Waals surface area (Å²) in [5.41, 5.74) is 2.34. The van der Waals surface area contributed by atoms with Gasteiger partial charge in [0.1, 0.15) is 5.82 Å². The molecule has 1 aromatic heterocycles. The molecule has 18 heavy (non-hydrogen) atoms. The average Bonchev–Trinajstić information content (AvgIpc) is 2.73. The van der Waals surface area contributed by atoms with Crippen LogP contribution in [-0.2, 0) is 13.0 Å². The van der Waals surface area contributed by atoms with Crippen molar-refractivity contribution in [2.24, 2.45) is 0 Å². The van der Waals surface area contributed by atoms with E-state index in [1.807, 2.05) is 6.07 Å². The second-order valence-corrected chi connectivity index (χ2v) is 4.70. The summed E-state index contributed by atoms with van der Waals surface area (Å²) in [6, 6.07) is 8.34. The van der Waals surface area contributed by atoms with Crippen LogP contribution in [0.25, 0.3) is 11.0 Å². The third kappa shape index (κ3) is 2.91. The van der Waals surface area contributed by atoms with Crippen LogP contribution in [0.15, 0.2) is 24.3 Å². The molecule has 1 heterocycles. The number of aliphatic hydroxyl groups excluding tert-OH is 1. The fourth-order valence-corrected chi connectivity index (χ4v) is 2.35. The highest BCUT2D eigenvalue weighted by atomic mass is 16.2. The molecule has 2 aromatic rings. The SMILES string of the molecule is CCCc1nc2ccccc2n1CCCCCO. The van der Waals surface area contributed by atoms with Crippen molar-refractivity contribution in [2.75, 3.05) is 6.61 Å². The van der Waals surface area contributed by atoms with Gasteiger partial charge in [-0.15, -0.1) is 0 Å². The molecule has 0 saturated heterocycles. The first kappa shape index (κ1) is 13.1. The molecule has 0 radical (unpaired) electrons. The molecule has 1 aromatic carbocycles. The summed E-state index contributed by atoms with van der Waals surface area (Å²) in [6.07, 6.45) is 5.25. The topological polar surface area (TPSA) is 38.0 Å². The summed E-state index contributed by atoms with van der Waals surface area (Å²) in [7, 11) is 0. The molecule has 3 nitrogen and oxygen atoms in total. The van der Waals surface area contributed by atoms with Gasteiger partial charge in [-0.2, -0.15) is 0 Å². The van der Waals surface area contributed by atoms with Crippen LogP contribution in [0.1, 0.15) is 38.4 Å². The first-order valence-corrected chi connectivity index (χ1v) is 6.91. The van der Waals surface area contributed by atoms with E-state index in [1.54, 1.807) is 0 Å². The van der Waals surface area contributed by atoms with E-state index in [0.717, 1.165) is 44.2 Å². The van der Waals surface area contributed by atoms with E-state index in [1.165, 1.54) is 11.3 Å². The zero-order chi connectivity index (χ0) is 12.8. The van der Waals surface area contributed by atoms with Crippen LogP contribution in [0.4, 0.5) is 0 Å². The molecule has 0 aliphatic carbocycles. The normalized spacial score (nSPS) is 11.2. The molecule has 0 bridgehead atoms. The van der Waals surface area contributed by atoms with Crippen LogP contribution in [0.3, 0.4) is 0 Å². The molecule has 0 saturated carbocycles. The van der Waals surface area contributed by atoms with E-state index in [9.17, 15) is 0 Å². The molecule has 0 aliphatic rings. The van der Waals surface area contributed by atoms with Crippen molar-refractivity contribution in [2.45, 2.75) is 45.6 Å². The molecule has 3 heteroatoms. The number of unbranched alkanes of at least 4 members (excludes halogenated alkanes) is 2. The van der Waals surface area contributed by atoms with Crippen molar-refractivity contribution >= 4 is 11.0 Å². The maximum absolute atomic E-state index is 8.81. The predicted octanol–water partition coefficient (Wildman–Crippen LogP) is 3.15. The quantitative estimate of drug-likeness (QED) is 0.762. The van der Waals surface area contributed by atoms with Gasteiger partial charge in [0.25, 0.3) is 0 Å². The molecule has 0 spiro atoms. The summed E-state index contributed by atoms with van der Waals surface area (Å²) >= 11 is 0. The van der Waals surface area contributed by atoms with Gasteiger partial charge >= 0.3 is 0 Å². The van der Waals surface area contributed by atoms with Gasteiger partial charge in [0.05, 0.1) is 11.0 Å². The van der Waals surface area contributed by atoms with Gasteiger partial charge in [-0.25, -0.2) is 4.98 Å². The molecule has 0 fully saturated rings. The van der Waals surface area contributed by atoms with E-state index >= 15 is 0 Å². The summed E-state index contributed by atoms with van der Waals surface area (Å²) < 4.78 is 2.34. The van der Waals surface area contributed by atoms with E-state index in [-0.39, 0.29) is 0 Å². The van der Waals surface area contributed by atoms with E-state index in [2.05, 4.69) is 29.7 Å². The Morgan fingerprint density at radius 2 is 2.00 bits per heavy atom. The van der Waals surface area contributed by atoms with Crippen LogP contribution in [-0.4, -0.2) is 21.3 Å². The van der Waals surface area contributed by atoms with Crippen molar-refractivity contribution in [3.63, 3.8) is 0 Å². The largest absolute Gasteiger partial charge is 0.396 e. The third-order valence-electron chi connectivity index (χ3n) is 3.25. The first-order valence-electron chi connectivity index (χ1n) is 6.91. The minimum Gasteiger partial charge on any atom is -0.396 e. The number of benzene rings is 1. The summed E-state index contributed by atoms with van der Waals surface area (Å²) in [6.45, 7) is 3.50. The van der Waals surface area contributed by atoms with E-state index < -0.39 is 0 Å². The zero-order valence-corrected chi connectivity index (χ0v) is 11.1. The fraction of sp³-hybridized carbons (Fsp3) is 0.533. The number of fused-ring (bicyclic) bond motifs is 1. The molecule has 0 aliphatic heterocycles. The molecule has 2 rings (SSSR count). The van der Waals surface area contributed by atoms with Crippen LogP contribution < -0.4 is 0 Å². The number of aromatic nitrogens is 2. The Labute approximate surface area is 108 Å². The Hall–Kier alpha value is -1.35. The maximum atomic E-state index is 8.81. The predicted molar refractivity (Wildman–Crippen MR) is 74.7 cm³/mol. The van der Waals surface area contributed by atoms with Gasteiger partial charge in [-0.05, 0) is 37.8 Å². The number of nitrogens with zero attached hydrogens (tertiary/aromatic N) is 2. The van der Waals surface area contributed by atoms with Gasteiger partial charge in [-0.3, -0.25) is 0 Å². The number of hydrogen-bond acceptors (Lipinski definition) is 2. The molecule has 1 N–H and O–H groups in total. The van der Waals surface area contributed by atoms with E-state index in [4.69, 9.17) is 10.1 Å². The number of para-hydroxylation sites is 2. The summed E-state index contributed by atoms with van der Waals surface area (Å²) in [4.78, 5) is 4.71. The van der Waals surface area contributed by atoms with Crippen molar-refractivity contribution in [3.05, 3.63) is 30.1 Å². The standard InChI is InChI=1S/C15H22N2O/c1-2-8-15-16-13-9-4-5-10-14(13)17(15)11-6-3-7-12-18/h4-5,9-10,18H,2-3,6-8,11-12H2,1H3. The highest BCUT2D eigenvalue weighted by Gasteiger charge is 2.08.